The molecule has 16 heavy (non-hydrogen) atoms. The molecule has 1 heterocycles. The van der Waals surface area contributed by atoms with E-state index in [1.807, 2.05) is 6.07 Å². The van der Waals surface area contributed by atoms with E-state index in [0.717, 1.165) is 42.7 Å². The second kappa shape index (κ2) is 5.12. The molecule has 1 aromatic carbocycles. The lowest BCUT2D eigenvalue weighted by Crippen LogP contribution is -2.14. The average Bonchev–Trinajstić information content (AvgIpc) is 2.66. The van der Waals surface area contributed by atoms with Crippen molar-refractivity contribution in [1.82, 2.24) is 5.32 Å². The van der Waals surface area contributed by atoms with Crippen molar-refractivity contribution in [3.8, 4) is 0 Å². The summed E-state index contributed by atoms with van der Waals surface area (Å²) in [6, 6.07) is 6.53. The van der Waals surface area contributed by atoms with E-state index >= 15 is 0 Å². The van der Waals surface area contributed by atoms with Gasteiger partial charge in [0, 0.05) is 11.8 Å². The van der Waals surface area contributed by atoms with Gasteiger partial charge in [-0.1, -0.05) is 6.92 Å². The number of nitrogens with one attached hydrogen (secondary N) is 1. The highest BCUT2D eigenvalue weighted by Crippen LogP contribution is 2.20. The zero-order valence-electron chi connectivity index (χ0n) is 9.42. The van der Waals surface area contributed by atoms with E-state index in [4.69, 9.17) is 4.42 Å². The maximum Gasteiger partial charge on any atom is 0.134 e. The average molecular weight is 221 g/mol. The van der Waals surface area contributed by atoms with E-state index in [9.17, 15) is 4.39 Å². The minimum Gasteiger partial charge on any atom is -0.461 e. The monoisotopic (exact) mass is 221 g/mol. The maximum atomic E-state index is 12.9. The third-order valence-electron chi connectivity index (χ3n) is 2.56. The van der Waals surface area contributed by atoms with Crippen LogP contribution < -0.4 is 5.32 Å². The summed E-state index contributed by atoms with van der Waals surface area (Å²) in [6.45, 7) is 4.07. The van der Waals surface area contributed by atoms with Gasteiger partial charge in [-0.05, 0) is 43.8 Å². The molecule has 0 saturated heterocycles. The highest BCUT2D eigenvalue weighted by Gasteiger charge is 2.04. The summed E-state index contributed by atoms with van der Waals surface area (Å²) in [5, 5.41) is 4.11. The first-order valence-electron chi connectivity index (χ1n) is 5.68. The Kier molecular flexibility index (Phi) is 3.57. The molecule has 1 aromatic heterocycles. The van der Waals surface area contributed by atoms with Crippen molar-refractivity contribution in [2.45, 2.75) is 19.8 Å². The van der Waals surface area contributed by atoms with Gasteiger partial charge in [-0.25, -0.2) is 4.39 Å². The summed E-state index contributed by atoms with van der Waals surface area (Å²) < 4.78 is 18.6. The van der Waals surface area contributed by atoms with Crippen LogP contribution in [0.2, 0.25) is 0 Å². The second-order valence-electron chi connectivity index (χ2n) is 3.85. The van der Waals surface area contributed by atoms with Crippen molar-refractivity contribution in [1.29, 1.82) is 0 Å². The molecule has 86 valence electrons. The first kappa shape index (κ1) is 11.1. The highest BCUT2D eigenvalue weighted by molar-refractivity contribution is 5.77. The third kappa shape index (κ3) is 2.61. The Morgan fingerprint density at radius 2 is 2.19 bits per heavy atom. The lowest BCUT2D eigenvalue weighted by Gasteiger charge is -1.98. The molecule has 2 nitrogen and oxygen atoms in total. The summed E-state index contributed by atoms with van der Waals surface area (Å²) in [5.41, 5.74) is 0.764. The molecule has 0 bridgehead atoms. The Morgan fingerprint density at radius 3 is 3.00 bits per heavy atom. The van der Waals surface area contributed by atoms with E-state index in [2.05, 4.69) is 12.2 Å². The Labute approximate surface area is 94.4 Å². The normalized spacial score (nSPS) is 11.1. The molecule has 0 aliphatic carbocycles. The molecule has 0 amide bonds. The summed E-state index contributed by atoms with van der Waals surface area (Å²) in [7, 11) is 0. The van der Waals surface area contributed by atoms with Crippen LogP contribution in [0.25, 0.3) is 11.0 Å². The van der Waals surface area contributed by atoms with E-state index < -0.39 is 0 Å². The zero-order chi connectivity index (χ0) is 11.4. The van der Waals surface area contributed by atoms with Crippen molar-refractivity contribution >= 4 is 11.0 Å². The Morgan fingerprint density at radius 1 is 1.31 bits per heavy atom. The largest absolute Gasteiger partial charge is 0.461 e. The SMILES string of the molecule is CCNCCCc1cc2cc(F)ccc2o1. The zero-order valence-corrected chi connectivity index (χ0v) is 9.42. The van der Waals surface area contributed by atoms with Crippen LogP contribution in [0.15, 0.2) is 28.7 Å². The van der Waals surface area contributed by atoms with Crippen LogP contribution in [-0.4, -0.2) is 13.1 Å². The topological polar surface area (TPSA) is 25.2 Å². The van der Waals surface area contributed by atoms with Gasteiger partial charge in [0.1, 0.15) is 17.2 Å². The molecule has 0 saturated carbocycles. The quantitative estimate of drug-likeness (QED) is 0.785. The summed E-state index contributed by atoms with van der Waals surface area (Å²) in [4.78, 5) is 0. The molecule has 1 N–H and O–H groups in total. The number of furan rings is 1. The standard InChI is InChI=1S/C13H16FNO/c1-2-15-7-3-4-12-9-10-8-11(14)5-6-13(10)16-12/h5-6,8-9,15H,2-4,7H2,1H3. The van der Waals surface area contributed by atoms with Gasteiger partial charge in [0.15, 0.2) is 0 Å². The Hall–Kier alpha value is -1.35. The lowest BCUT2D eigenvalue weighted by atomic mass is 10.2. The number of hydrogen-bond acceptors (Lipinski definition) is 2. The van der Waals surface area contributed by atoms with E-state index in [1.54, 1.807) is 6.07 Å². The molecule has 0 spiro atoms. The van der Waals surface area contributed by atoms with Crippen molar-refractivity contribution in [2.75, 3.05) is 13.1 Å². The van der Waals surface area contributed by atoms with Gasteiger partial charge in [-0.15, -0.1) is 0 Å². The van der Waals surface area contributed by atoms with Crippen molar-refractivity contribution < 1.29 is 8.81 Å². The number of benzene rings is 1. The molecule has 0 atom stereocenters. The fourth-order valence-corrected chi connectivity index (χ4v) is 1.76. The molecular formula is C13H16FNO. The summed E-state index contributed by atoms with van der Waals surface area (Å²) >= 11 is 0. The van der Waals surface area contributed by atoms with Crippen LogP contribution in [-0.2, 0) is 6.42 Å². The van der Waals surface area contributed by atoms with Gasteiger partial charge in [0.05, 0.1) is 0 Å². The number of fused-ring (bicyclic) bond motifs is 1. The fourth-order valence-electron chi connectivity index (χ4n) is 1.76. The molecule has 0 fully saturated rings. The molecule has 0 radical (unpaired) electrons. The van der Waals surface area contributed by atoms with Gasteiger partial charge < -0.3 is 9.73 Å². The first-order chi connectivity index (χ1) is 7.79. The second-order valence-corrected chi connectivity index (χ2v) is 3.85. The first-order valence-corrected chi connectivity index (χ1v) is 5.68. The molecule has 2 rings (SSSR count). The van der Waals surface area contributed by atoms with E-state index in [0.29, 0.717) is 0 Å². The minimum atomic E-state index is -0.215. The molecule has 3 heteroatoms. The predicted octanol–water partition coefficient (Wildman–Crippen LogP) is 3.11. The van der Waals surface area contributed by atoms with Crippen molar-refractivity contribution in [3.05, 3.63) is 35.8 Å². The van der Waals surface area contributed by atoms with Crippen molar-refractivity contribution in [3.63, 3.8) is 0 Å². The maximum absolute atomic E-state index is 12.9. The van der Waals surface area contributed by atoms with Crippen LogP contribution in [0.5, 0.6) is 0 Å². The number of halogens is 1. The number of hydrogen-bond donors (Lipinski definition) is 1. The lowest BCUT2D eigenvalue weighted by molar-refractivity contribution is 0.530. The number of aryl methyl sites for hydroxylation is 1. The van der Waals surface area contributed by atoms with Crippen LogP contribution in [0, 0.1) is 5.82 Å². The van der Waals surface area contributed by atoms with E-state index in [-0.39, 0.29) is 5.82 Å². The summed E-state index contributed by atoms with van der Waals surface area (Å²) in [5.74, 6) is 0.714. The van der Waals surface area contributed by atoms with Gasteiger partial charge in [-0.2, -0.15) is 0 Å². The molecule has 0 aliphatic rings. The molecule has 0 unspecified atom stereocenters. The van der Waals surface area contributed by atoms with Crippen LogP contribution in [0.1, 0.15) is 19.1 Å². The summed E-state index contributed by atoms with van der Waals surface area (Å²) in [6.07, 6.45) is 1.93. The van der Waals surface area contributed by atoms with Crippen LogP contribution >= 0.6 is 0 Å². The molecular weight excluding hydrogens is 205 g/mol. The van der Waals surface area contributed by atoms with Crippen LogP contribution in [0.4, 0.5) is 4.39 Å². The Bertz CT molecular complexity index is 464. The third-order valence-corrected chi connectivity index (χ3v) is 2.56. The van der Waals surface area contributed by atoms with Crippen LogP contribution in [0.3, 0.4) is 0 Å². The predicted molar refractivity (Wildman–Crippen MR) is 63.0 cm³/mol. The smallest absolute Gasteiger partial charge is 0.134 e. The van der Waals surface area contributed by atoms with Gasteiger partial charge in [0.25, 0.3) is 0 Å². The fraction of sp³-hybridized carbons (Fsp3) is 0.385. The van der Waals surface area contributed by atoms with Gasteiger partial charge in [-0.3, -0.25) is 0 Å². The van der Waals surface area contributed by atoms with E-state index in [1.165, 1.54) is 12.1 Å². The molecule has 2 aromatic rings. The highest BCUT2D eigenvalue weighted by atomic mass is 19.1. The van der Waals surface area contributed by atoms with Crippen molar-refractivity contribution in [2.24, 2.45) is 0 Å². The molecule has 0 aliphatic heterocycles. The minimum absolute atomic E-state index is 0.215. The van der Waals surface area contributed by atoms with Gasteiger partial charge >= 0.3 is 0 Å². The van der Waals surface area contributed by atoms with Gasteiger partial charge in [0.2, 0.25) is 0 Å². The number of rotatable bonds is 5. The Balaban J connectivity index is 2.02.